The van der Waals surface area contributed by atoms with Crippen LogP contribution in [0.3, 0.4) is 0 Å². The Labute approximate surface area is 191 Å². The number of aromatic amines is 1. The smallest absolute Gasteiger partial charge is 0.263 e. The number of methoxy groups -OCH3 is 1. The second-order valence-electron chi connectivity index (χ2n) is 7.74. The van der Waals surface area contributed by atoms with E-state index in [0.717, 1.165) is 27.8 Å². The lowest BCUT2D eigenvalue weighted by atomic mass is 9.96. The van der Waals surface area contributed by atoms with Gasteiger partial charge < -0.3 is 14.8 Å². The van der Waals surface area contributed by atoms with Crippen molar-refractivity contribution >= 4 is 34.2 Å². The minimum Gasteiger partial charge on any atom is -0.496 e. The molecule has 0 spiro atoms. The summed E-state index contributed by atoms with van der Waals surface area (Å²) in [5.74, 6) is 1.94. The maximum atomic E-state index is 12.3. The summed E-state index contributed by atoms with van der Waals surface area (Å²) in [4.78, 5) is 12.3. The van der Waals surface area contributed by atoms with Gasteiger partial charge in [-0.2, -0.15) is 5.10 Å². The number of hydrogen-bond acceptors (Lipinski definition) is 4. The minimum atomic E-state index is -0.302. The number of hydrogen-bond donors (Lipinski definition) is 2. The molecule has 7 heteroatoms. The van der Waals surface area contributed by atoms with E-state index < -0.39 is 0 Å². The highest BCUT2D eigenvalue weighted by molar-refractivity contribution is 6.30. The fourth-order valence-corrected chi connectivity index (χ4v) is 3.57. The molecule has 0 radical (unpaired) electrons. The normalized spacial score (nSPS) is 11.0. The van der Waals surface area contributed by atoms with Crippen molar-refractivity contribution in [3.63, 3.8) is 0 Å². The van der Waals surface area contributed by atoms with Crippen LogP contribution >= 0.6 is 11.6 Å². The maximum Gasteiger partial charge on any atom is 0.263 e. The minimum absolute atomic E-state index is 0.132. The summed E-state index contributed by atoms with van der Waals surface area (Å²) in [5, 5.41) is 11.5. The number of carbonyl (C=O) groups is 1. The molecule has 1 aromatic heterocycles. The van der Waals surface area contributed by atoms with Gasteiger partial charge in [0.25, 0.3) is 5.91 Å². The number of ether oxygens (including phenoxy) is 2. The third-order valence-corrected chi connectivity index (χ3v) is 5.46. The van der Waals surface area contributed by atoms with Crippen molar-refractivity contribution < 1.29 is 14.3 Å². The number of H-pyrrole nitrogens is 1. The lowest BCUT2D eigenvalue weighted by Gasteiger charge is -2.13. The van der Waals surface area contributed by atoms with Gasteiger partial charge in [-0.25, -0.2) is 0 Å². The number of halogens is 1. The van der Waals surface area contributed by atoms with Crippen LogP contribution in [0.15, 0.2) is 60.7 Å². The summed E-state index contributed by atoms with van der Waals surface area (Å²) >= 11 is 5.86. The molecule has 4 aromatic rings. The number of nitrogens with zero attached hydrogens (tertiary/aromatic N) is 1. The second kappa shape index (κ2) is 9.32. The van der Waals surface area contributed by atoms with Crippen LogP contribution in [0, 0.1) is 0 Å². The van der Waals surface area contributed by atoms with Crippen LogP contribution in [0.4, 0.5) is 5.82 Å². The fraction of sp³-hybridized carbons (Fsp3) is 0.200. The standard InChI is InChI=1S/C25H24ClN3O3/c1-15(2)16-5-11-23(31-3)21(12-16)17-4-10-20-22(13-17)28-29-25(20)27-24(30)14-32-19-8-6-18(26)7-9-19/h4-13,15H,14H2,1-3H3,(H2,27,28,29,30). The van der Waals surface area contributed by atoms with Crippen molar-refractivity contribution in [2.45, 2.75) is 19.8 Å². The van der Waals surface area contributed by atoms with E-state index in [2.05, 4.69) is 41.5 Å². The molecule has 3 aromatic carbocycles. The maximum absolute atomic E-state index is 12.3. The van der Waals surface area contributed by atoms with Gasteiger partial charge in [0, 0.05) is 16.0 Å². The van der Waals surface area contributed by atoms with Crippen molar-refractivity contribution in [3.05, 3.63) is 71.2 Å². The van der Waals surface area contributed by atoms with E-state index in [9.17, 15) is 4.79 Å². The topological polar surface area (TPSA) is 76.2 Å². The third kappa shape index (κ3) is 4.70. The van der Waals surface area contributed by atoms with E-state index in [1.165, 1.54) is 5.56 Å². The van der Waals surface area contributed by atoms with Gasteiger partial charge in [0.1, 0.15) is 11.5 Å². The number of aromatic nitrogens is 2. The van der Waals surface area contributed by atoms with E-state index in [4.69, 9.17) is 21.1 Å². The Morgan fingerprint density at radius 2 is 1.88 bits per heavy atom. The molecule has 32 heavy (non-hydrogen) atoms. The summed E-state index contributed by atoms with van der Waals surface area (Å²) in [6.45, 7) is 4.19. The van der Waals surface area contributed by atoms with Crippen molar-refractivity contribution in [1.82, 2.24) is 10.2 Å². The molecule has 0 saturated carbocycles. The molecule has 0 fully saturated rings. The van der Waals surface area contributed by atoms with Crippen molar-refractivity contribution in [1.29, 1.82) is 0 Å². The van der Waals surface area contributed by atoms with Crippen LogP contribution in [0.25, 0.3) is 22.0 Å². The highest BCUT2D eigenvalue weighted by Crippen LogP contribution is 2.35. The van der Waals surface area contributed by atoms with Gasteiger partial charge >= 0.3 is 0 Å². The molecule has 0 unspecified atom stereocenters. The van der Waals surface area contributed by atoms with Crippen LogP contribution in [0.2, 0.25) is 5.02 Å². The zero-order chi connectivity index (χ0) is 22.7. The SMILES string of the molecule is COc1ccc(C(C)C)cc1-c1ccc2c(NC(=O)COc3ccc(Cl)cc3)n[nH]c2c1. The number of nitrogens with one attached hydrogen (secondary N) is 2. The monoisotopic (exact) mass is 449 g/mol. The summed E-state index contributed by atoms with van der Waals surface area (Å²) in [5.41, 5.74) is 4.06. The Morgan fingerprint density at radius 1 is 1.09 bits per heavy atom. The molecule has 0 atom stereocenters. The van der Waals surface area contributed by atoms with Gasteiger partial charge in [-0.15, -0.1) is 0 Å². The van der Waals surface area contributed by atoms with Crippen molar-refractivity contribution in [2.75, 3.05) is 19.0 Å². The molecule has 0 bridgehead atoms. The first-order valence-electron chi connectivity index (χ1n) is 10.3. The summed E-state index contributed by atoms with van der Waals surface area (Å²) in [6, 6.07) is 19.0. The second-order valence-corrected chi connectivity index (χ2v) is 8.17. The Hall–Kier alpha value is -3.51. The van der Waals surface area contributed by atoms with Gasteiger partial charge in [0.2, 0.25) is 0 Å². The lowest BCUT2D eigenvalue weighted by Crippen LogP contribution is -2.20. The highest BCUT2D eigenvalue weighted by Gasteiger charge is 2.14. The Balaban J connectivity index is 1.52. The van der Waals surface area contributed by atoms with E-state index in [1.807, 2.05) is 24.3 Å². The largest absolute Gasteiger partial charge is 0.496 e. The molecule has 1 heterocycles. The highest BCUT2D eigenvalue weighted by atomic mass is 35.5. The van der Waals surface area contributed by atoms with Crippen LogP contribution in [0.1, 0.15) is 25.3 Å². The molecule has 6 nitrogen and oxygen atoms in total. The molecule has 0 aliphatic heterocycles. The Bertz CT molecular complexity index is 1250. The molecular formula is C25H24ClN3O3. The number of benzene rings is 3. The van der Waals surface area contributed by atoms with Crippen LogP contribution < -0.4 is 14.8 Å². The molecule has 0 aliphatic carbocycles. The average Bonchev–Trinajstić information content (AvgIpc) is 3.20. The number of rotatable bonds is 7. The van der Waals surface area contributed by atoms with Crippen molar-refractivity contribution in [3.8, 4) is 22.6 Å². The first-order valence-corrected chi connectivity index (χ1v) is 10.7. The number of amides is 1. The van der Waals surface area contributed by atoms with Gasteiger partial charge in [0.15, 0.2) is 12.4 Å². The number of fused-ring (bicyclic) bond motifs is 1. The third-order valence-electron chi connectivity index (χ3n) is 5.21. The van der Waals surface area contributed by atoms with Gasteiger partial charge in [-0.3, -0.25) is 9.89 Å². The van der Waals surface area contributed by atoms with E-state index in [1.54, 1.807) is 31.4 Å². The molecule has 0 aliphatic rings. The zero-order valence-corrected chi connectivity index (χ0v) is 18.9. The predicted octanol–water partition coefficient (Wildman–Crippen LogP) is 6.03. The lowest BCUT2D eigenvalue weighted by molar-refractivity contribution is -0.118. The molecule has 0 saturated heterocycles. The van der Waals surface area contributed by atoms with Crippen LogP contribution in [-0.4, -0.2) is 29.8 Å². The van der Waals surface area contributed by atoms with Crippen LogP contribution in [-0.2, 0) is 4.79 Å². The van der Waals surface area contributed by atoms with Crippen molar-refractivity contribution in [2.24, 2.45) is 0 Å². The predicted molar refractivity (Wildman–Crippen MR) is 128 cm³/mol. The van der Waals surface area contributed by atoms with E-state index >= 15 is 0 Å². The Kier molecular flexibility index (Phi) is 6.32. The van der Waals surface area contributed by atoms with E-state index in [-0.39, 0.29) is 12.5 Å². The average molecular weight is 450 g/mol. The summed E-state index contributed by atoms with van der Waals surface area (Å²) in [7, 11) is 1.67. The zero-order valence-electron chi connectivity index (χ0n) is 18.1. The number of anilines is 1. The van der Waals surface area contributed by atoms with Crippen LogP contribution in [0.5, 0.6) is 11.5 Å². The molecule has 164 valence electrons. The first kappa shape index (κ1) is 21.7. The van der Waals surface area contributed by atoms with Gasteiger partial charge in [0.05, 0.1) is 12.6 Å². The summed E-state index contributed by atoms with van der Waals surface area (Å²) in [6.07, 6.45) is 0. The summed E-state index contributed by atoms with van der Waals surface area (Å²) < 4.78 is 11.1. The first-order chi connectivity index (χ1) is 15.4. The number of carbonyl (C=O) groups excluding carboxylic acids is 1. The Morgan fingerprint density at radius 3 is 2.59 bits per heavy atom. The molecule has 4 rings (SSSR count). The van der Waals surface area contributed by atoms with Gasteiger partial charge in [-0.05, 0) is 65.6 Å². The molecular weight excluding hydrogens is 426 g/mol. The molecule has 1 amide bonds. The molecule has 2 N–H and O–H groups in total. The van der Waals surface area contributed by atoms with E-state index in [0.29, 0.717) is 22.5 Å². The van der Waals surface area contributed by atoms with Gasteiger partial charge in [-0.1, -0.05) is 37.6 Å². The fourth-order valence-electron chi connectivity index (χ4n) is 3.44. The quantitative estimate of drug-likeness (QED) is 0.361.